The van der Waals surface area contributed by atoms with Gasteiger partial charge in [-0.25, -0.2) is 9.97 Å². The number of halogens is 3. The number of anilines is 1. The van der Waals surface area contributed by atoms with Crippen molar-refractivity contribution in [2.24, 2.45) is 0 Å². The predicted molar refractivity (Wildman–Crippen MR) is 71.1 cm³/mol. The van der Waals surface area contributed by atoms with Crippen LogP contribution in [-0.2, 0) is 6.18 Å². The van der Waals surface area contributed by atoms with Gasteiger partial charge in [0.25, 0.3) is 0 Å². The van der Waals surface area contributed by atoms with Gasteiger partial charge in [0.2, 0.25) is 5.95 Å². The average Bonchev–Trinajstić information content (AvgIpc) is 2.32. The monoisotopic (exact) mass is 281 g/mol. The number of hydrogen-bond acceptors (Lipinski definition) is 3. The summed E-state index contributed by atoms with van der Waals surface area (Å²) in [6, 6.07) is 4.65. The maximum atomic E-state index is 12.8. The molecule has 0 aliphatic heterocycles. The molecular formula is C14H14F3N3. The lowest BCUT2D eigenvalue weighted by Crippen LogP contribution is -2.11. The standard InChI is InChI=1S/C14H14F3N3/c1-7-4-9(3)10(5-8(7)2)11-6-12(14(15,16)17)20-13(18)19-11/h4-6H,1-3H3,(H2,18,19,20). The zero-order chi connectivity index (χ0) is 15.1. The number of alkyl halides is 3. The molecule has 0 bridgehead atoms. The van der Waals surface area contributed by atoms with E-state index < -0.39 is 11.9 Å². The largest absolute Gasteiger partial charge is 0.433 e. The Balaban J connectivity index is 2.64. The van der Waals surface area contributed by atoms with Gasteiger partial charge < -0.3 is 5.73 Å². The van der Waals surface area contributed by atoms with Gasteiger partial charge in [0.05, 0.1) is 5.69 Å². The van der Waals surface area contributed by atoms with E-state index in [1.807, 2.05) is 32.9 Å². The summed E-state index contributed by atoms with van der Waals surface area (Å²) in [7, 11) is 0. The van der Waals surface area contributed by atoms with Gasteiger partial charge in [0, 0.05) is 5.56 Å². The van der Waals surface area contributed by atoms with Gasteiger partial charge >= 0.3 is 6.18 Å². The van der Waals surface area contributed by atoms with Crippen LogP contribution in [0.5, 0.6) is 0 Å². The van der Waals surface area contributed by atoms with Gasteiger partial charge in [0.1, 0.15) is 0 Å². The summed E-state index contributed by atoms with van der Waals surface area (Å²) in [4.78, 5) is 7.16. The van der Waals surface area contributed by atoms with E-state index in [1.165, 1.54) is 0 Å². The van der Waals surface area contributed by atoms with Gasteiger partial charge in [-0.1, -0.05) is 6.07 Å². The fraction of sp³-hybridized carbons (Fsp3) is 0.286. The molecule has 0 atom stereocenters. The van der Waals surface area contributed by atoms with Crippen LogP contribution in [0, 0.1) is 20.8 Å². The maximum Gasteiger partial charge on any atom is 0.433 e. The lowest BCUT2D eigenvalue weighted by molar-refractivity contribution is -0.141. The Hall–Kier alpha value is -2.11. The quantitative estimate of drug-likeness (QED) is 0.867. The van der Waals surface area contributed by atoms with E-state index in [0.717, 1.165) is 22.8 Å². The number of nitrogen functional groups attached to an aromatic ring is 1. The van der Waals surface area contributed by atoms with Gasteiger partial charge in [-0.15, -0.1) is 0 Å². The van der Waals surface area contributed by atoms with Gasteiger partial charge in [-0.2, -0.15) is 13.2 Å². The van der Waals surface area contributed by atoms with Crippen molar-refractivity contribution in [1.29, 1.82) is 0 Å². The van der Waals surface area contributed by atoms with Crippen LogP contribution in [0.15, 0.2) is 18.2 Å². The summed E-state index contributed by atoms with van der Waals surface area (Å²) in [6.07, 6.45) is -4.54. The molecule has 3 nitrogen and oxygen atoms in total. The van der Waals surface area contributed by atoms with E-state index >= 15 is 0 Å². The lowest BCUT2D eigenvalue weighted by atomic mass is 9.98. The number of benzene rings is 1. The Kier molecular flexibility index (Phi) is 3.41. The van der Waals surface area contributed by atoms with Crippen LogP contribution in [0.2, 0.25) is 0 Å². The van der Waals surface area contributed by atoms with E-state index in [0.29, 0.717) is 5.56 Å². The zero-order valence-electron chi connectivity index (χ0n) is 11.3. The molecule has 0 spiro atoms. The lowest BCUT2D eigenvalue weighted by Gasteiger charge is -2.12. The van der Waals surface area contributed by atoms with Crippen molar-refractivity contribution in [2.45, 2.75) is 26.9 Å². The van der Waals surface area contributed by atoms with Gasteiger partial charge in [-0.3, -0.25) is 0 Å². The normalized spacial score (nSPS) is 11.7. The molecule has 2 rings (SSSR count). The Morgan fingerprint density at radius 1 is 0.900 bits per heavy atom. The minimum atomic E-state index is -4.54. The molecule has 0 aliphatic rings. The molecule has 2 aromatic rings. The molecule has 106 valence electrons. The average molecular weight is 281 g/mol. The van der Waals surface area contributed by atoms with Gasteiger partial charge in [0.15, 0.2) is 5.69 Å². The van der Waals surface area contributed by atoms with Crippen molar-refractivity contribution >= 4 is 5.95 Å². The van der Waals surface area contributed by atoms with Crippen LogP contribution < -0.4 is 5.73 Å². The first kappa shape index (κ1) is 14.3. The molecule has 0 radical (unpaired) electrons. The van der Waals surface area contributed by atoms with Crippen molar-refractivity contribution in [2.75, 3.05) is 5.73 Å². The van der Waals surface area contributed by atoms with Crippen molar-refractivity contribution in [1.82, 2.24) is 9.97 Å². The van der Waals surface area contributed by atoms with Crippen molar-refractivity contribution in [3.05, 3.63) is 40.6 Å². The Morgan fingerprint density at radius 3 is 2.10 bits per heavy atom. The molecule has 0 saturated heterocycles. The highest BCUT2D eigenvalue weighted by atomic mass is 19.4. The molecule has 0 fully saturated rings. The summed E-state index contributed by atoms with van der Waals surface area (Å²) >= 11 is 0. The summed E-state index contributed by atoms with van der Waals surface area (Å²) in [6.45, 7) is 5.67. The molecule has 6 heteroatoms. The topological polar surface area (TPSA) is 51.8 Å². The molecular weight excluding hydrogens is 267 g/mol. The predicted octanol–water partition coefficient (Wildman–Crippen LogP) is 3.67. The molecule has 0 saturated carbocycles. The zero-order valence-corrected chi connectivity index (χ0v) is 11.3. The smallest absolute Gasteiger partial charge is 0.368 e. The fourth-order valence-corrected chi connectivity index (χ4v) is 1.99. The second-order valence-electron chi connectivity index (χ2n) is 4.75. The highest BCUT2D eigenvalue weighted by Crippen LogP contribution is 2.32. The molecule has 0 amide bonds. The van der Waals surface area contributed by atoms with Crippen molar-refractivity contribution in [3.63, 3.8) is 0 Å². The highest BCUT2D eigenvalue weighted by Gasteiger charge is 2.33. The third kappa shape index (κ3) is 2.74. The van der Waals surface area contributed by atoms with E-state index in [9.17, 15) is 13.2 Å². The van der Waals surface area contributed by atoms with E-state index in [4.69, 9.17) is 5.73 Å². The summed E-state index contributed by atoms with van der Waals surface area (Å²) in [5.41, 5.74) is 8.08. The maximum absolute atomic E-state index is 12.8. The summed E-state index contributed by atoms with van der Waals surface area (Å²) < 4.78 is 38.3. The van der Waals surface area contributed by atoms with Crippen LogP contribution in [0.25, 0.3) is 11.3 Å². The van der Waals surface area contributed by atoms with Crippen LogP contribution in [0.1, 0.15) is 22.4 Å². The number of rotatable bonds is 1. The SMILES string of the molecule is Cc1cc(C)c(-c2cc(C(F)(F)F)nc(N)n2)cc1C. The van der Waals surface area contributed by atoms with Crippen LogP contribution in [0.4, 0.5) is 19.1 Å². The summed E-state index contributed by atoms with van der Waals surface area (Å²) in [5.74, 6) is -0.382. The Labute approximate surface area is 114 Å². The number of aryl methyl sites for hydroxylation is 3. The van der Waals surface area contributed by atoms with Crippen LogP contribution in [-0.4, -0.2) is 9.97 Å². The number of aromatic nitrogens is 2. The number of nitrogens with zero attached hydrogens (tertiary/aromatic N) is 2. The van der Waals surface area contributed by atoms with Gasteiger partial charge in [-0.05, 0) is 49.6 Å². The first-order valence-corrected chi connectivity index (χ1v) is 5.98. The minimum absolute atomic E-state index is 0.186. The number of hydrogen-bond donors (Lipinski definition) is 1. The number of nitrogens with two attached hydrogens (primary N) is 1. The Morgan fingerprint density at radius 2 is 1.50 bits per heavy atom. The fourth-order valence-electron chi connectivity index (χ4n) is 1.99. The van der Waals surface area contributed by atoms with Crippen molar-refractivity contribution < 1.29 is 13.2 Å². The molecule has 2 N–H and O–H groups in total. The molecule has 0 unspecified atom stereocenters. The summed E-state index contributed by atoms with van der Waals surface area (Å²) in [5, 5.41) is 0. The van der Waals surface area contributed by atoms with Crippen LogP contribution >= 0.6 is 0 Å². The van der Waals surface area contributed by atoms with Crippen molar-refractivity contribution in [3.8, 4) is 11.3 Å². The molecule has 1 aromatic heterocycles. The Bertz CT molecular complexity index is 663. The first-order valence-electron chi connectivity index (χ1n) is 5.98. The molecule has 0 aliphatic carbocycles. The highest BCUT2D eigenvalue weighted by molar-refractivity contribution is 5.66. The second kappa shape index (κ2) is 4.77. The molecule has 1 heterocycles. The second-order valence-corrected chi connectivity index (χ2v) is 4.75. The van der Waals surface area contributed by atoms with E-state index in [-0.39, 0.29) is 11.6 Å². The van der Waals surface area contributed by atoms with Crippen LogP contribution in [0.3, 0.4) is 0 Å². The molecule has 20 heavy (non-hydrogen) atoms. The van der Waals surface area contributed by atoms with E-state index in [2.05, 4.69) is 9.97 Å². The molecule has 1 aromatic carbocycles. The third-order valence-corrected chi connectivity index (χ3v) is 3.15. The third-order valence-electron chi connectivity index (χ3n) is 3.15. The minimum Gasteiger partial charge on any atom is -0.368 e. The van der Waals surface area contributed by atoms with E-state index in [1.54, 1.807) is 0 Å². The first-order chi connectivity index (χ1) is 9.18.